The Labute approximate surface area is 106 Å². The van der Waals surface area contributed by atoms with Crippen molar-refractivity contribution >= 4 is 11.6 Å². The third-order valence-electron chi connectivity index (χ3n) is 2.44. The smallest absolute Gasteiger partial charge is 0.264 e. The van der Waals surface area contributed by atoms with Crippen molar-refractivity contribution in [2.24, 2.45) is 0 Å². The van der Waals surface area contributed by atoms with Gasteiger partial charge in [0.1, 0.15) is 0 Å². The zero-order valence-electron chi connectivity index (χ0n) is 8.91. The van der Waals surface area contributed by atoms with Crippen LogP contribution in [0.25, 0.3) is 11.3 Å². The van der Waals surface area contributed by atoms with Gasteiger partial charge in [-0.25, -0.2) is 13.2 Å². The van der Waals surface area contributed by atoms with Crippen LogP contribution in [0.3, 0.4) is 0 Å². The number of hydrogen-bond donors (Lipinski definition) is 0. The Morgan fingerprint density at radius 3 is 2.50 bits per heavy atom. The van der Waals surface area contributed by atoms with Crippen LogP contribution in [0.4, 0.5) is 13.2 Å². The van der Waals surface area contributed by atoms with Crippen LogP contribution in [0.15, 0.2) is 36.5 Å². The van der Waals surface area contributed by atoms with Gasteiger partial charge < -0.3 is 5.21 Å². The molecular formula is C12H7ClF3NO. The van der Waals surface area contributed by atoms with Crippen molar-refractivity contribution in [3.8, 4) is 11.3 Å². The summed E-state index contributed by atoms with van der Waals surface area (Å²) in [4.78, 5) is 0. The lowest BCUT2D eigenvalue weighted by Gasteiger charge is -2.11. The second kappa shape index (κ2) is 4.86. The van der Waals surface area contributed by atoms with Gasteiger partial charge in [-0.2, -0.15) is 4.73 Å². The molecule has 2 aromatic rings. The summed E-state index contributed by atoms with van der Waals surface area (Å²) in [5, 5.41) is 11.2. The average molecular weight is 274 g/mol. The highest BCUT2D eigenvalue weighted by atomic mass is 35.5. The predicted molar refractivity (Wildman–Crippen MR) is 60.8 cm³/mol. The molecule has 0 fully saturated rings. The molecule has 1 aromatic carbocycles. The summed E-state index contributed by atoms with van der Waals surface area (Å²) in [6.45, 7) is 0. The van der Waals surface area contributed by atoms with E-state index in [4.69, 9.17) is 11.6 Å². The summed E-state index contributed by atoms with van der Waals surface area (Å²) >= 11 is 5.56. The lowest BCUT2D eigenvalue weighted by molar-refractivity contribution is -0.593. The van der Waals surface area contributed by atoms with Gasteiger partial charge in [0.2, 0.25) is 5.69 Å². The number of aromatic nitrogens is 1. The lowest BCUT2D eigenvalue weighted by Crippen LogP contribution is -2.28. The van der Waals surface area contributed by atoms with Gasteiger partial charge in [0.25, 0.3) is 6.43 Å². The highest BCUT2D eigenvalue weighted by Crippen LogP contribution is 2.34. The molecule has 0 radical (unpaired) electrons. The van der Waals surface area contributed by atoms with Gasteiger partial charge >= 0.3 is 0 Å². The monoisotopic (exact) mass is 273 g/mol. The van der Waals surface area contributed by atoms with Crippen LogP contribution in [0.1, 0.15) is 12.0 Å². The third-order valence-corrected chi connectivity index (χ3v) is 2.73. The van der Waals surface area contributed by atoms with Crippen molar-refractivity contribution in [3.63, 3.8) is 0 Å². The van der Waals surface area contributed by atoms with Crippen LogP contribution < -0.4 is 4.73 Å². The van der Waals surface area contributed by atoms with E-state index in [1.54, 1.807) is 0 Å². The molecule has 6 heteroatoms. The minimum Gasteiger partial charge on any atom is -0.618 e. The van der Waals surface area contributed by atoms with Gasteiger partial charge in [-0.3, -0.25) is 0 Å². The van der Waals surface area contributed by atoms with Crippen molar-refractivity contribution in [1.29, 1.82) is 0 Å². The number of pyridine rings is 1. The van der Waals surface area contributed by atoms with E-state index in [0.717, 1.165) is 18.3 Å². The van der Waals surface area contributed by atoms with E-state index in [1.807, 2.05) is 0 Å². The van der Waals surface area contributed by atoms with Gasteiger partial charge in [-0.15, -0.1) is 0 Å². The molecule has 94 valence electrons. The number of benzene rings is 1. The predicted octanol–water partition coefficient (Wildman–Crippen LogP) is 3.72. The SMILES string of the molecule is [O-][n+]1ccccc1-c1c(C(F)F)ccc(Cl)c1F. The van der Waals surface area contributed by atoms with Crippen LogP contribution in [0.2, 0.25) is 5.02 Å². The first-order chi connectivity index (χ1) is 8.52. The summed E-state index contributed by atoms with van der Waals surface area (Å²) in [5.41, 5.74) is -1.23. The van der Waals surface area contributed by atoms with E-state index in [-0.39, 0.29) is 10.7 Å². The van der Waals surface area contributed by atoms with E-state index in [0.29, 0.717) is 4.73 Å². The number of hydrogen-bond acceptors (Lipinski definition) is 1. The van der Waals surface area contributed by atoms with Crippen molar-refractivity contribution in [2.45, 2.75) is 6.43 Å². The zero-order chi connectivity index (χ0) is 13.3. The first kappa shape index (κ1) is 12.7. The summed E-state index contributed by atoms with van der Waals surface area (Å²) in [6, 6.07) is 6.19. The minimum atomic E-state index is -2.90. The van der Waals surface area contributed by atoms with Gasteiger partial charge in [-0.1, -0.05) is 17.7 Å². The standard InChI is InChI=1S/C12H7ClF3NO/c13-8-5-4-7(12(15)16)10(11(8)14)9-3-1-2-6-17(9)18/h1-6,12H. The molecule has 1 heterocycles. The number of nitrogens with zero attached hydrogens (tertiary/aromatic N) is 1. The fraction of sp³-hybridized carbons (Fsp3) is 0.0833. The molecule has 0 aliphatic carbocycles. The Hall–Kier alpha value is -1.75. The molecule has 0 bridgehead atoms. The molecule has 0 saturated carbocycles. The number of alkyl halides is 2. The van der Waals surface area contributed by atoms with E-state index in [1.165, 1.54) is 18.2 Å². The largest absolute Gasteiger partial charge is 0.618 e. The summed E-state index contributed by atoms with van der Waals surface area (Å²) in [7, 11) is 0. The van der Waals surface area contributed by atoms with E-state index in [2.05, 4.69) is 0 Å². The molecule has 1 aromatic heterocycles. The quantitative estimate of drug-likeness (QED) is 0.605. The highest BCUT2D eigenvalue weighted by Gasteiger charge is 2.24. The molecule has 0 unspecified atom stereocenters. The van der Waals surface area contributed by atoms with Crippen LogP contribution in [-0.4, -0.2) is 0 Å². The van der Waals surface area contributed by atoms with E-state index in [9.17, 15) is 18.4 Å². The maximum Gasteiger partial charge on any atom is 0.264 e. The Morgan fingerprint density at radius 1 is 1.17 bits per heavy atom. The molecule has 0 aliphatic heterocycles. The highest BCUT2D eigenvalue weighted by molar-refractivity contribution is 6.31. The average Bonchev–Trinajstić information content (AvgIpc) is 2.33. The molecule has 2 nitrogen and oxygen atoms in total. The molecule has 0 saturated heterocycles. The summed E-state index contributed by atoms with van der Waals surface area (Å²) in [5.74, 6) is -1.02. The van der Waals surface area contributed by atoms with Crippen molar-refractivity contribution in [2.75, 3.05) is 0 Å². The maximum atomic E-state index is 13.9. The Morgan fingerprint density at radius 2 is 1.89 bits per heavy atom. The topological polar surface area (TPSA) is 26.9 Å². The minimum absolute atomic E-state index is 0.201. The van der Waals surface area contributed by atoms with Crippen LogP contribution in [-0.2, 0) is 0 Å². The maximum absolute atomic E-state index is 13.9. The number of halogens is 4. The first-order valence-corrected chi connectivity index (χ1v) is 5.34. The molecule has 2 rings (SSSR count). The Balaban J connectivity index is 2.77. The Kier molecular flexibility index (Phi) is 3.43. The normalized spacial score (nSPS) is 10.9. The molecular weight excluding hydrogens is 267 g/mol. The fourth-order valence-electron chi connectivity index (χ4n) is 1.63. The first-order valence-electron chi connectivity index (χ1n) is 4.97. The second-order valence-corrected chi connectivity index (χ2v) is 3.95. The van der Waals surface area contributed by atoms with Gasteiger partial charge in [0.05, 0.1) is 10.6 Å². The third kappa shape index (κ3) is 2.13. The molecule has 0 aliphatic rings. The summed E-state index contributed by atoms with van der Waals surface area (Å²) < 4.78 is 39.9. The molecule has 0 spiro atoms. The second-order valence-electron chi connectivity index (χ2n) is 3.54. The van der Waals surface area contributed by atoms with Crippen LogP contribution in [0.5, 0.6) is 0 Å². The number of rotatable bonds is 2. The fourth-order valence-corrected chi connectivity index (χ4v) is 1.79. The van der Waals surface area contributed by atoms with Crippen LogP contribution >= 0.6 is 11.6 Å². The van der Waals surface area contributed by atoms with E-state index < -0.39 is 23.4 Å². The van der Waals surface area contributed by atoms with E-state index >= 15 is 0 Å². The zero-order valence-corrected chi connectivity index (χ0v) is 9.66. The van der Waals surface area contributed by atoms with Gasteiger partial charge in [-0.05, 0) is 12.1 Å². The van der Waals surface area contributed by atoms with Crippen molar-refractivity contribution < 1.29 is 17.9 Å². The van der Waals surface area contributed by atoms with Crippen molar-refractivity contribution in [3.05, 3.63) is 58.1 Å². The van der Waals surface area contributed by atoms with Crippen molar-refractivity contribution in [1.82, 2.24) is 0 Å². The van der Waals surface area contributed by atoms with Crippen LogP contribution in [0, 0.1) is 11.0 Å². The summed E-state index contributed by atoms with van der Waals surface area (Å²) in [6.07, 6.45) is -1.79. The molecule has 0 atom stereocenters. The lowest BCUT2D eigenvalue weighted by atomic mass is 10.0. The molecule has 18 heavy (non-hydrogen) atoms. The van der Waals surface area contributed by atoms with Gasteiger partial charge in [0, 0.05) is 17.7 Å². The Bertz CT molecular complexity index is 590. The molecule has 0 amide bonds. The van der Waals surface area contributed by atoms with Gasteiger partial charge in [0.15, 0.2) is 12.0 Å². The molecule has 0 N–H and O–H groups in total.